The molecule has 174 valence electrons. The van der Waals surface area contributed by atoms with Gasteiger partial charge in [0, 0.05) is 31.3 Å². The fraction of sp³-hybridized carbons (Fsp3) is 0.429. The number of hydrogen-bond donors (Lipinski definition) is 2. The van der Waals surface area contributed by atoms with Gasteiger partial charge in [-0.25, -0.2) is 9.97 Å². The minimum atomic E-state index is 0.322. The van der Waals surface area contributed by atoms with E-state index < -0.39 is 0 Å². The Labute approximate surface area is 197 Å². The van der Waals surface area contributed by atoms with Crippen molar-refractivity contribution in [1.82, 2.24) is 20.2 Å². The highest BCUT2D eigenvalue weighted by Gasteiger charge is 2.16. The van der Waals surface area contributed by atoms with Crippen molar-refractivity contribution < 1.29 is 5.11 Å². The van der Waals surface area contributed by atoms with E-state index in [1.54, 1.807) is 6.07 Å². The predicted octanol–water partition coefficient (Wildman–Crippen LogP) is 4.85. The zero-order chi connectivity index (χ0) is 22.9. The van der Waals surface area contributed by atoms with E-state index in [-0.39, 0.29) is 0 Å². The number of hydrogen-bond acceptors (Lipinski definition) is 5. The SMILES string of the molecule is CCN(Cc1cccc(-c2ccnc(CCCc3cccc(O)c3)n2)c1)C[C@H]1CCCNC1. The van der Waals surface area contributed by atoms with E-state index in [9.17, 15) is 5.11 Å². The molecule has 0 aliphatic carbocycles. The van der Waals surface area contributed by atoms with Crippen LogP contribution in [0, 0.1) is 5.92 Å². The highest BCUT2D eigenvalue weighted by Crippen LogP contribution is 2.21. The molecule has 33 heavy (non-hydrogen) atoms. The molecule has 5 heteroatoms. The lowest BCUT2D eigenvalue weighted by Crippen LogP contribution is -2.38. The highest BCUT2D eigenvalue weighted by atomic mass is 16.3. The summed E-state index contributed by atoms with van der Waals surface area (Å²) in [6, 6.07) is 18.3. The molecule has 2 N–H and O–H groups in total. The Bertz CT molecular complexity index is 1020. The zero-order valence-corrected chi connectivity index (χ0v) is 19.7. The largest absolute Gasteiger partial charge is 0.508 e. The van der Waals surface area contributed by atoms with Gasteiger partial charge in [0.05, 0.1) is 5.69 Å². The number of aromatic nitrogens is 2. The molecule has 4 rings (SSSR count). The maximum atomic E-state index is 9.64. The molecular formula is C28H36N4O. The van der Waals surface area contributed by atoms with Crippen LogP contribution in [0.25, 0.3) is 11.3 Å². The third kappa shape index (κ3) is 7.11. The molecule has 0 radical (unpaired) electrons. The van der Waals surface area contributed by atoms with Gasteiger partial charge in [0.15, 0.2) is 0 Å². The third-order valence-electron chi connectivity index (χ3n) is 6.47. The van der Waals surface area contributed by atoms with Crippen molar-refractivity contribution in [3.8, 4) is 17.0 Å². The Morgan fingerprint density at radius 2 is 1.94 bits per heavy atom. The normalized spacial score (nSPS) is 16.2. The Morgan fingerprint density at radius 3 is 2.76 bits per heavy atom. The quantitative estimate of drug-likeness (QED) is 0.468. The molecule has 0 spiro atoms. The second kappa shape index (κ2) is 11.9. The average Bonchev–Trinajstić information content (AvgIpc) is 2.85. The third-order valence-corrected chi connectivity index (χ3v) is 6.47. The number of aryl methyl sites for hydroxylation is 2. The van der Waals surface area contributed by atoms with Crippen LogP contribution in [0.3, 0.4) is 0 Å². The second-order valence-electron chi connectivity index (χ2n) is 9.12. The molecule has 1 aliphatic rings. The van der Waals surface area contributed by atoms with Crippen LogP contribution < -0.4 is 5.32 Å². The number of phenols is 1. The zero-order valence-electron chi connectivity index (χ0n) is 19.7. The van der Waals surface area contributed by atoms with Crippen molar-refractivity contribution in [2.45, 2.75) is 45.6 Å². The average molecular weight is 445 g/mol. The summed E-state index contributed by atoms with van der Waals surface area (Å²) in [6.07, 6.45) is 7.17. The lowest BCUT2D eigenvalue weighted by Gasteiger charge is -2.29. The minimum absolute atomic E-state index is 0.322. The van der Waals surface area contributed by atoms with Crippen LogP contribution in [0.2, 0.25) is 0 Å². The van der Waals surface area contributed by atoms with Crippen molar-refractivity contribution in [3.63, 3.8) is 0 Å². The Hall–Kier alpha value is -2.76. The van der Waals surface area contributed by atoms with Gasteiger partial charge >= 0.3 is 0 Å². The lowest BCUT2D eigenvalue weighted by atomic mass is 9.98. The molecule has 3 aromatic rings. The van der Waals surface area contributed by atoms with E-state index in [2.05, 4.69) is 46.4 Å². The van der Waals surface area contributed by atoms with Crippen LogP contribution in [0.15, 0.2) is 60.8 Å². The molecule has 1 atom stereocenters. The van der Waals surface area contributed by atoms with Crippen LogP contribution >= 0.6 is 0 Å². The number of phenolic OH excluding ortho intramolecular Hbond substituents is 1. The van der Waals surface area contributed by atoms with Crippen LogP contribution in [0.1, 0.15) is 43.1 Å². The van der Waals surface area contributed by atoms with Gasteiger partial charge in [-0.3, -0.25) is 4.90 Å². The molecule has 5 nitrogen and oxygen atoms in total. The number of piperidine rings is 1. The number of aromatic hydroxyl groups is 1. The Kier molecular flexibility index (Phi) is 8.45. The highest BCUT2D eigenvalue weighted by molar-refractivity contribution is 5.59. The van der Waals surface area contributed by atoms with Gasteiger partial charge in [0.1, 0.15) is 11.6 Å². The molecular weight excluding hydrogens is 408 g/mol. The van der Waals surface area contributed by atoms with Gasteiger partial charge in [0.25, 0.3) is 0 Å². The first-order chi connectivity index (χ1) is 16.2. The molecule has 2 aromatic carbocycles. The van der Waals surface area contributed by atoms with Gasteiger partial charge in [-0.2, -0.15) is 0 Å². The van der Waals surface area contributed by atoms with Crippen LogP contribution in [-0.4, -0.2) is 46.2 Å². The van der Waals surface area contributed by atoms with Gasteiger partial charge in [-0.05, 0) is 86.6 Å². The van der Waals surface area contributed by atoms with Crippen LogP contribution in [0.4, 0.5) is 0 Å². The first kappa shape index (κ1) is 23.4. The van der Waals surface area contributed by atoms with Gasteiger partial charge < -0.3 is 10.4 Å². The second-order valence-corrected chi connectivity index (χ2v) is 9.12. The molecule has 0 bridgehead atoms. The summed E-state index contributed by atoms with van der Waals surface area (Å²) < 4.78 is 0. The fourth-order valence-corrected chi connectivity index (χ4v) is 4.68. The smallest absolute Gasteiger partial charge is 0.128 e. The Morgan fingerprint density at radius 1 is 1.06 bits per heavy atom. The molecule has 2 heterocycles. The summed E-state index contributed by atoms with van der Waals surface area (Å²) in [5, 5.41) is 13.2. The monoisotopic (exact) mass is 444 g/mol. The lowest BCUT2D eigenvalue weighted by molar-refractivity contribution is 0.210. The van der Waals surface area contributed by atoms with E-state index in [0.717, 1.165) is 74.0 Å². The maximum absolute atomic E-state index is 9.64. The summed E-state index contributed by atoms with van der Waals surface area (Å²) in [4.78, 5) is 11.9. The minimum Gasteiger partial charge on any atom is -0.508 e. The summed E-state index contributed by atoms with van der Waals surface area (Å²) in [7, 11) is 0. The summed E-state index contributed by atoms with van der Waals surface area (Å²) in [6.45, 7) is 7.77. The van der Waals surface area contributed by atoms with E-state index >= 15 is 0 Å². The number of nitrogens with zero attached hydrogens (tertiary/aromatic N) is 3. The standard InChI is InChI=1S/C28H36N4O/c1-2-32(21-24-10-6-15-29-19-24)20-23-9-3-11-25(17-23)27-14-16-30-28(31-27)13-5-8-22-7-4-12-26(33)18-22/h3-4,7,9,11-12,14,16-18,24,29,33H,2,5-6,8,10,13,15,19-21H2,1H3/t24-/m0/s1. The Balaban J connectivity index is 1.37. The van der Waals surface area contributed by atoms with E-state index in [0.29, 0.717) is 5.75 Å². The van der Waals surface area contributed by atoms with Gasteiger partial charge in [-0.15, -0.1) is 0 Å². The first-order valence-electron chi connectivity index (χ1n) is 12.3. The van der Waals surface area contributed by atoms with E-state index in [1.165, 1.54) is 24.9 Å². The predicted molar refractivity (Wildman–Crippen MR) is 134 cm³/mol. The van der Waals surface area contributed by atoms with Gasteiger partial charge in [-0.1, -0.05) is 37.3 Å². The summed E-state index contributed by atoms with van der Waals surface area (Å²) in [5.41, 5.74) is 4.61. The van der Waals surface area contributed by atoms with Crippen molar-refractivity contribution >= 4 is 0 Å². The van der Waals surface area contributed by atoms with Crippen LogP contribution in [0.5, 0.6) is 5.75 Å². The molecule has 1 saturated heterocycles. The van der Waals surface area contributed by atoms with E-state index in [4.69, 9.17) is 4.98 Å². The van der Waals surface area contributed by atoms with Crippen molar-refractivity contribution in [2.24, 2.45) is 5.92 Å². The van der Waals surface area contributed by atoms with Crippen LogP contribution in [-0.2, 0) is 19.4 Å². The molecule has 0 amide bonds. The first-order valence-corrected chi connectivity index (χ1v) is 12.3. The molecule has 0 unspecified atom stereocenters. The van der Waals surface area contributed by atoms with E-state index in [1.807, 2.05) is 30.5 Å². The van der Waals surface area contributed by atoms with Crippen molar-refractivity contribution in [3.05, 3.63) is 77.7 Å². The molecule has 1 aliphatic heterocycles. The molecule has 0 saturated carbocycles. The number of nitrogens with one attached hydrogen (secondary N) is 1. The van der Waals surface area contributed by atoms with Crippen molar-refractivity contribution in [2.75, 3.05) is 26.2 Å². The maximum Gasteiger partial charge on any atom is 0.128 e. The van der Waals surface area contributed by atoms with Crippen molar-refractivity contribution in [1.29, 1.82) is 0 Å². The molecule has 1 fully saturated rings. The topological polar surface area (TPSA) is 61.3 Å². The molecule has 1 aromatic heterocycles. The summed E-state index contributed by atoms with van der Waals surface area (Å²) in [5.74, 6) is 1.95. The fourth-order valence-electron chi connectivity index (χ4n) is 4.68. The van der Waals surface area contributed by atoms with Gasteiger partial charge in [0.2, 0.25) is 0 Å². The number of rotatable bonds is 10. The number of benzene rings is 2. The summed E-state index contributed by atoms with van der Waals surface area (Å²) >= 11 is 0.